The second-order valence-electron chi connectivity index (χ2n) is 5.63. The average Bonchev–Trinajstić information content (AvgIpc) is 2.62. The Labute approximate surface area is 135 Å². The van der Waals surface area contributed by atoms with Gasteiger partial charge in [0.05, 0.1) is 18.8 Å². The van der Waals surface area contributed by atoms with Crippen LogP contribution < -0.4 is 10.6 Å². The number of nitrogens with zero attached hydrogens (tertiary/aromatic N) is 2. The molecular formula is C17H22N4O2. The van der Waals surface area contributed by atoms with Crippen LogP contribution in [0.5, 0.6) is 0 Å². The molecule has 122 valence electrons. The Morgan fingerprint density at radius 3 is 2.91 bits per heavy atom. The van der Waals surface area contributed by atoms with E-state index in [0.29, 0.717) is 25.1 Å². The summed E-state index contributed by atoms with van der Waals surface area (Å²) in [6, 6.07) is 11.7. The molecule has 3 N–H and O–H groups in total. The van der Waals surface area contributed by atoms with Gasteiger partial charge in [0.2, 0.25) is 5.95 Å². The van der Waals surface area contributed by atoms with Crippen LogP contribution in [0.1, 0.15) is 24.5 Å². The summed E-state index contributed by atoms with van der Waals surface area (Å²) in [5.41, 5.74) is 0.869. The van der Waals surface area contributed by atoms with Crippen LogP contribution in [0.2, 0.25) is 0 Å². The lowest BCUT2D eigenvalue weighted by Crippen LogP contribution is -2.30. The minimum absolute atomic E-state index is 0.293. The van der Waals surface area contributed by atoms with Gasteiger partial charge in [-0.3, -0.25) is 0 Å². The van der Waals surface area contributed by atoms with Crippen molar-refractivity contribution in [3.63, 3.8) is 0 Å². The molecule has 23 heavy (non-hydrogen) atoms. The quantitative estimate of drug-likeness (QED) is 0.759. The van der Waals surface area contributed by atoms with Gasteiger partial charge in [-0.1, -0.05) is 30.3 Å². The summed E-state index contributed by atoms with van der Waals surface area (Å²) >= 11 is 0. The van der Waals surface area contributed by atoms with Gasteiger partial charge in [0.1, 0.15) is 5.82 Å². The first kappa shape index (κ1) is 15.7. The molecule has 1 aliphatic rings. The third kappa shape index (κ3) is 4.64. The summed E-state index contributed by atoms with van der Waals surface area (Å²) in [7, 11) is 0. The molecule has 0 aliphatic carbocycles. The third-order valence-corrected chi connectivity index (χ3v) is 3.81. The van der Waals surface area contributed by atoms with E-state index < -0.39 is 6.10 Å². The van der Waals surface area contributed by atoms with Crippen molar-refractivity contribution in [1.82, 2.24) is 9.97 Å². The highest BCUT2D eigenvalue weighted by Crippen LogP contribution is 2.15. The molecule has 6 nitrogen and oxygen atoms in total. The molecule has 2 heterocycles. The van der Waals surface area contributed by atoms with E-state index in [2.05, 4.69) is 20.6 Å². The van der Waals surface area contributed by atoms with E-state index in [-0.39, 0.29) is 0 Å². The second-order valence-corrected chi connectivity index (χ2v) is 5.63. The lowest BCUT2D eigenvalue weighted by Gasteiger charge is -2.23. The predicted octanol–water partition coefficient (Wildman–Crippen LogP) is 2.21. The molecule has 0 bridgehead atoms. The number of rotatable bonds is 6. The summed E-state index contributed by atoms with van der Waals surface area (Å²) in [6.07, 6.45) is 3.26. The number of anilines is 2. The van der Waals surface area contributed by atoms with Crippen LogP contribution in [-0.4, -0.2) is 40.9 Å². The molecule has 3 rings (SSSR count). The van der Waals surface area contributed by atoms with Gasteiger partial charge in [-0.2, -0.15) is 4.98 Å². The van der Waals surface area contributed by atoms with Crippen molar-refractivity contribution in [3.8, 4) is 0 Å². The normalized spacial score (nSPS) is 19.1. The zero-order chi connectivity index (χ0) is 15.9. The summed E-state index contributed by atoms with van der Waals surface area (Å²) in [5.74, 6) is 1.27. The van der Waals surface area contributed by atoms with E-state index in [1.807, 2.05) is 36.4 Å². The molecule has 2 atom stereocenters. The van der Waals surface area contributed by atoms with Crippen molar-refractivity contribution >= 4 is 11.8 Å². The smallest absolute Gasteiger partial charge is 0.224 e. The Morgan fingerprint density at radius 2 is 2.13 bits per heavy atom. The molecule has 0 radical (unpaired) electrons. The van der Waals surface area contributed by atoms with Gasteiger partial charge in [-0.05, 0) is 24.5 Å². The van der Waals surface area contributed by atoms with Crippen molar-refractivity contribution in [2.24, 2.45) is 0 Å². The lowest BCUT2D eigenvalue weighted by atomic mass is 10.1. The van der Waals surface area contributed by atoms with E-state index in [0.717, 1.165) is 30.8 Å². The van der Waals surface area contributed by atoms with E-state index in [4.69, 9.17) is 4.74 Å². The Bertz CT molecular complexity index is 603. The lowest BCUT2D eigenvalue weighted by molar-refractivity contribution is 0.0875. The van der Waals surface area contributed by atoms with Crippen molar-refractivity contribution in [2.75, 3.05) is 30.4 Å². The number of nitrogens with one attached hydrogen (secondary N) is 2. The topological polar surface area (TPSA) is 79.3 Å². The maximum atomic E-state index is 10.2. The van der Waals surface area contributed by atoms with Crippen LogP contribution in [0, 0.1) is 0 Å². The van der Waals surface area contributed by atoms with E-state index in [1.165, 1.54) is 0 Å². The van der Waals surface area contributed by atoms with Crippen LogP contribution in [0.15, 0.2) is 42.6 Å². The fourth-order valence-electron chi connectivity index (χ4n) is 2.57. The molecule has 0 spiro atoms. The Kier molecular flexibility index (Phi) is 5.39. The zero-order valence-electron chi connectivity index (χ0n) is 13.0. The van der Waals surface area contributed by atoms with E-state index in [1.54, 1.807) is 6.20 Å². The predicted molar refractivity (Wildman–Crippen MR) is 89.4 cm³/mol. The molecule has 0 amide bonds. The van der Waals surface area contributed by atoms with Gasteiger partial charge in [-0.25, -0.2) is 4.98 Å². The Balaban J connectivity index is 1.55. The maximum absolute atomic E-state index is 10.2. The number of aliphatic hydroxyl groups excluding tert-OH is 1. The van der Waals surface area contributed by atoms with Gasteiger partial charge < -0.3 is 20.5 Å². The highest BCUT2D eigenvalue weighted by molar-refractivity contribution is 5.40. The fourth-order valence-corrected chi connectivity index (χ4v) is 2.57. The molecule has 1 aliphatic heterocycles. The van der Waals surface area contributed by atoms with Gasteiger partial charge in [0, 0.05) is 19.3 Å². The second kappa shape index (κ2) is 7.89. The molecule has 1 aromatic heterocycles. The number of aliphatic hydroxyl groups is 1. The first-order chi connectivity index (χ1) is 11.3. The molecule has 6 heteroatoms. The van der Waals surface area contributed by atoms with Crippen LogP contribution in [0.25, 0.3) is 0 Å². The van der Waals surface area contributed by atoms with Crippen molar-refractivity contribution in [1.29, 1.82) is 0 Å². The van der Waals surface area contributed by atoms with Crippen LogP contribution >= 0.6 is 0 Å². The van der Waals surface area contributed by atoms with Gasteiger partial charge >= 0.3 is 0 Å². The van der Waals surface area contributed by atoms with Gasteiger partial charge in [0.15, 0.2) is 0 Å². The molecule has 1 aromatic carbocycles. The van der Waals surface area contributed by atoms with Crippen LogP contribution in [0.4, 0.5) is 11.8 Å². The largest absolute Gasteiger partial charge is 0.387 e. The highest BCUT2D eigenvalue weighted by atomic mass is 16.5. The Morgan fingerprint density at radius 1 is 1.26 bits per heavy atom. The summed E-state index contributed by atoms with van der Waals surface area (Å²) in [4.78, 5) is 8.63. The van der Waals surface area contributed by atoms with Crippen molar-refractivity contribution in [2.45, 2.75) is 25.0 Å². The summed E-state index contributed by atoms with van der Waals surface area (Å²) in [6.45, 7) is 1.91. The molecular weight excluding hydrogens is 292 g/mol. The molecule has 1 fully saturated rings. The van der Waals surface area contributed by atoms with E-state index in [9.17, 15) is 5.11 Å². The number of aromatic nitrogens is 2. The monoisotopic (exact) mass is 314 g/mol. The summed E-state index contributed by atoms with van der Waals surface area (Å²) < 4.78 is 5.46. The number of benzene rings is 1. The minimum atomic E-state index is -0.594. The maximum Gasteiger partial charge on any atom is 0.224 e. The first-order valence-electron chi connectivity index (χ1n) is 7.95. The van der Waals surface area contributed by atoms with Crippen LogP contribution in [-0.2, 0) is 4.74 Å². The average molecular weight is 314 g/mol. The molecule has 0 saturated carbocycles. The molecule has 2 aromatic rings. The fraction of sp³-hybridized carbons (Fsp3) is 0.412. The zero-order valence-corrected chi connectivity index (χ0v) is 13.0. The Hall–Kier alpha value is -2.18. The van der Waals surface area contributed by atoms with Crippen molar-refractivity contribution < 1.29 is 9.84 Å². The minimum Gasteiger partial charge on any atom is -0.387 e. The van der Waals surface area contributed by atoms with E-state index >= 15 is 0 Å². The van der Waals surface area contributed by atoms with Crippen LogP contribution in [0.3, 0.4) is 0 Å². The number of ether oxygens (including phenoxy) is 1. The summed E-state index contributed by atoms with van der Waals surface area (Å²) in [5, 5.41) is 16.6. The SMILES string of the molecule is O[C@@H](CNc1nccc(N[C@@H]2CCCOC2)n1)c1ccccc1. The number of hydrogen-bond donors (Lipinski definition) is 3. The van der Waals surface area contributed by atoms with Gasteiger partial charge in [-0.15, -0.1) is 0 Å². The number of hydrogen-bond acceptors (Lipinski definition) is 6. The molecule has 1 saturated heterocycles. The van der Waals surface area contributed by atoms with Crippen molar-refractivity contribution in [3.05, 3.63) is 48.2 Å². The van der Waals surface area contributed by atoms with Gasteiger partial charge in [0.25, 0.3) is 0 Å². The molecule has 0 unspecified atom stereocenters. The third-order valence-electron chi connectivity index (χ3n) is 3.81. The first-order valence-corrected chi connectivity index (χ1v) is 7.95. The standard InChI is InChI=1S/C17H22N4O2/c22-15(13-5-2-1-3-6-13)11-19-17-18-9-8-16(21-17)20-14-7-4-10-23-12-14/h1-3,5-6,8-9,14-15,22H,4,7,10-12H2,(H2,18,19,20,21)/t14-,15+/m1/s1. The highest BCUT2D eigenvalue weighted by Gasteiger charge is 2.14.